The van der Waals surface area contributed by atoms with Gasteiger partial charge in [-0.15, -0.1) is 0 Å². The number of carbonyl (C=O) groups is 1. The van der Waals surface area contributed by atoms with Crippen LogP contribution in [-0.2, 0) is 9.53 Å². The van der Waals surface area contributed by atoms with Crippen molar-refractivity contribution in [2.24, 2.45) is 16.2 Å². The van der Waals surface area contributed by atoms with Crippen molar-refractivity contribution in [3.05, 3.63) is 0 Å². The molecule has 0 aromatic carbocycles. The van der Waals surface area contributed by atoms with Crippen molar-refractivity contribution >= 4 is 5.97 Å². The Balaban J connectivity index is 3.09. The van der Waals surface area contributed by atoms with Gasteiger partial charge in [0.1, 0.15) is 6.10 Å². The fourth-order valence-corrected chi connectivity index (χ4v) is 2.84. The molecule has 1 saturated heterocycles. The van der Waals surface area contributed by atoms with E-state index in [-0.39, 0.29) is 28.3 Å². The van der Waals surface area contributed by atoms with Crippen LogP contribution in [0.5, 0.6) is 0 Å². The summed E-state index contributed by atoms with van der Waals surface area (Å²) in [5, 5.41) is 0. The Morgan fingerprint density at radius 3 is 2.00 bits per heavy atom. The molecule has 2 nitrogen and oxygen atoms in total. The minimum Gasteiger partial charge on any atom is -0.462 e. The topological polar surface area (TPSA) is 26.3 Å². The lowest BCUT2D eigenvalue weighted by molar-refractivity contribution is -0.155. The van der Waals surface area contributed by atoms with E-state index in [2.05, 4.69) is 41.5 Å². The summed E-state index contributed by atoms with van der Waals surface area (Å²) in [6.07, 6.45) is 1.81. The third-order valence-electron chi connectivity index (χ3n) is 3.60. The van der Waals surface area contributed by atoms with Gasteiger partial charge in [-0.25, -0.2) is 0 Å². The molecular formula is C14H26O2. The largest absolute Gasteiger partial charge is 0.462 e. The van der Waals surface area contributed by atoms with Gasteiger partial charge in [0.25, 0.3) is 0 Å². The first kappa shape index (κ1) is 13.5. The predicted molar refractivity (Wildman–Crippen MR) is 66.1 cm³/mol. The maximum absolute atomic E-state index is 12.2. The lowest BCUT2D eigenvalue weighted by atomic mass is 9.59. The second-order valence-corrected chi connectivity index (χ2v) is 7.49. The van der Waals surface area contributed by atoms with Gasteiger partial charge in [0.2, 0.25) is 0 Å². The van der Waals surface area contributed by atoms with E-state index in [9.17, 15) is 4.79 Å². The second-order valence-electron chi connectivity index (χ2n) is 7.49. The van der Waals surface area contributed by atoms with Crippen LogP contribution in [-0.4, -0.2) is 12.1 Å². The minimum atomic E-state index is -0.315. The molecule has 2 unspecified atom stereocenters. The van der Waals surface area contributed by atoms with E-state index in [1.807, 2.05) is 6.92 Å². The van der Waals surface area contributed by atoms with Gasteiger partial charge in [0.15, 0.2) is 0 Å². The molecule has 16 heavy (non-hydrogen) atoms. The highest BCUT2D eigenvalue weighted by Crippen LogP contribution is 2.54. The summed E-state index contributed by atoms with van der Waals surface area (Å²) in [5.74, 6) is 0.00225. The van der Waals surface area contributed by atoms with Crippen molar-refractivity contribution in [2.75, 3.05) is 0 Å². The van der Waals surface area contributed by atoms with Gasteiger partial charge in [-0.2, -0.15) is 0 Å². The Morgan fingerprint density at radius 1 is 1.25 bits per heavy atom. The summed E-state index contributed by atoms with van der Waals surface area (Å²) < 4.78 is 5.41. The van der Waals surface area contributed by atoms with Crippen LogP contribution in [0.15, 0.2) is 0 Å². The number of hydrogen-bond acceptors (Lipinski definition) is 2. The fourth-order valence-electron chi connectivity index (χ4n) is 2.84. The van der Waals surface area contributed by atoms with Gasteiger partial charge in [-0.1, -0.05) is 41.5 Å². The maximum Gasteiger partial charge on any atom is 0.313 e. The second kappa shape index (κ2) is 3.75. The third-order valence-corrected chi connectivity index (χ3v) is 3.60. The zero-order valence-corrected chi connectivity index (χ0v) is 11.8. The lowest BCUT2D eigenvalue weighted by Gasteiger charge is -2.42. The monoisotopic (exact) mass is 226 g/mol. The van der Waals surface area contributed by atoms with Crippen molar-refractivity contribution in [2.45, 2.75) is 67.4 Å². The normalized spacial score (nSPS) is 31.7. The van der Waals surface area contributed by atoms with Crippen molar-refractivity contribution in [1.29, 1.82) is 0 Å². The molecule has 1 heterocycles. The summed E-state index contributed by atoms with van der Waals surface area (Å²) in [7, 11) is 0. The molecule has 2 heteroatoms. The van der Waals surface area contributed by atoms with Gasteiger partial charge in [0, 0.05) is 6.42 Å². The standard InChI is InChI=1S/C14H26O2/c1-10-8-14(11(15)16-10,13(5,6)7)9-12(2,3)4/h10H,8-9H2,1-7H3. The van der Waals surface area contributed by atoms with Gasteiger partial charge < -0.3 is 4.74 Å². The molecule has 1 fully saturated rings. The van der Waals surface area contributed by atoms with E-state index in [0.29, 0.717) is 0 Å². The van der Waals surface area contributed by atoms with Gasteiger partial charge in [0.05, 0.1) is 5.41 Å². The van der Waals surface area contributed by atoms with E-state index in [1.165, 1.54) is 0 Å². The first-order valence-electron chi connectivity index (χ1n) is 6.19. The van der Waals surface area contributed by atoms with Gasteiger partial charge in [-0.05, 0) is 24.2 Å². The molecule has 0 aromatic rings. The fraction of sp³-hybridized carbons (Fsp3) is 0.929. The summed E-state index contributed by atoms with van der Waals surface area (Å²) in [6.45, 7) is 15.0. The van der Waals surface area contributed by atoms with Crippen LogP contribution in [0, 0.1) is 16.2 Å². The highest BCUT2D eigenvalue weighted by Gasteiger charge is 2.56. The Kier molecular flexibility index (Phi) is 3.17. The van der Waals surface area contributed by atoms with E-state index in [0.717, 1.165) is 12.8 Å². The molecule has 0 N–H and O–H groups in total. The molecule has 1 rings (SSSR count). The summed E-state index contributed by atoms with van der Waals surface area (Å²) >= 11 is 0. The number of carbonyl (C=O) groups excluding carboxylic acids is 1. The van der Waals surface area contributed by atoms with Crippen LogP contribution < -0.4 is 0 Å². The molecule has 1 aliphatic rings. The Labute approximate surface area is 99.8 Å². The van der Waals surface area contributed by atoms with Crippen LogP contribution in [0.4, 0.5) is 0 Å². The Bertz CT molecular complexity index is 280. The number of rotatable bonds is 1. The number of cyclic esters (lactones) is 1. The molecule has 1 aliphatic heterocycles. The smallest absolute Gasteiger partial charge is 0.313 e. The van der Waals surface area contributed by atoms with E-state index in [4.69, 9.17) is 4.74 Å². The first-order valence-corrected chi connectivity index (χ1v) is 6.19. The molecule has 0 radical (unpaired) electrons. The zero-order chi connectivity index (χ0) is 12.8. The highest BCUT2D eigenvalue weighted by atomic mass is 16.6. The first-order chi connectivity index (χ1) is 6.98. The predicted octanol–water partition coefficient (Wildman–Crippen LogP) is 3.79. The molecule has 0 spiro atoms. The average Bonchev–Trinajstić information content (AvgIpc) is 2.22. The summed E-state index contributed by atoms with van der Waals surface area (Å²) in [5.41, 5.74) is -0.205. The summed E-state index contributed by atoms with van der Waals surface area (Å²) in [4.78, 5) is 12.2. The summed E-state index contributed by atoms with van der Waals surface area (Å²) in [6, 6.07) is 0. The molecule has 0 aromatic heterocycles. The van der Waals surface area contributed by atoms with Crippen LogP contribution >= 0.6 is 0 Å². The van der Waals surface area contributed by atoms with E-state index >= 15 is 0 Å². The van der Waals surface area contributed by atoms with Crippen molar-refractivity contribution in [1.82, 2.24) is 0 Å². The van der Waals surface area contributed by atoms with E-state index < -0.39 is 0 Å². The van der Waals surface area contributed by atoms with Crippen LogP contribution in [0.25, 0.3) is 0 Å². The molecule has 0 saturated carbocycles. The van der Waals surface area contributed by atoms with Crippen LogP contribution in [0.3, 0.4) is 0 Å². The van der Waals surface area contributed by atoms with Gasteiger partial charge >= 0.3 is 5.97 Å². The molecule has 0 bridgehead atoms. The molecule has 94 valence electrons. The Hall–Kier alpha value is -0.530. The SMILES string of the molecule is CC1CC(CC(C)(C)C)(C(C)(C)C)C(=O)O1. The van der Waals surface area contributed by atoms with Crippen LogP contribution in [0.1, 0.15) is 61.3 Å². The number of hydrogen-bond donors (Lipinski definition) is 0. The third kappa shape index (κ3) is 2.41. The average molecular weight is 226 g/mol. The van der Waals surface area contributed by atoms with Gasteiger partial charge in [-0.3, -0.25) is 4.79 Å². The van der Waals surface area contributed by atoms with Crippen molar-refractivity contribution < 1.29 is 9.53 Å². The quantitative estimate of drug-likeness (QED) is 0.636. The maximum atomic E-state index is 12.2. The molecular weight excluding hydrogens is 200 g/mol. The van der Waals surface area contributed by atoms with Crippen LogP contribution in [0.2, 0.25) is 0 Å². The Morgan fingerprint density at radius 2 is 1.75 bits per heavy atom. The number of esters is 1. The molecule has 0 aliphatic carbocycles. The minimum absolute atomic E-state index is 0.00225. The van der Waals surface area contributed by atoms with Crippen molar-refractivity contribution in [3.8, 4) is 0 Å². The zero-order valence-electron chi connectivity index (χ0n) is 11.8. The van der Waals surface area contributed by atoms with Crippen molar-refractivity contribution in [3.63, 3.8) is 0 Å². The lowest BCUT2D eigenvalue weighted by Crippen LogP contribution is -2.42. The molecule has 0 amide bonds. The van der Waals surface area contributed by atoms with E-state index in [1.54, 1.807) is 0 Å². The highest BCUT2D eigenvalue weighted by molar-refractivity contribution is 5.80. The number of ether oxygens (including phenoxy) is 1. The molecule has 2 atom stereocenters.